The van der Waals surface area contributed by atoms with Crippen molar-refractivity contribution in [1.82, 2.24) is 0 Å². The molecule has 0 saturated heterocycles. The van der Waals surface area contributed by atoms with Crippen LogP contribution < -0.4 is 4.90 Å². The fourth-order valence-corrected chi connectivity index (χ4v) is 8.01. The number of para-hydroxylation sites is 1. The minimum atomic E-state index is 0.358. The highest BCUT2D eigenvalue weighted by Gasteiger charge is 2.23. The number of rotatable bonds is 7. The number of benzene rings is 4. The Morgan fingerprint density at radius 1 is 0.620 bits per heavy atom. The Hall–Kier alpha value is -5.60. The second kappa shape index (κ2) is 13.4. The largest absolute Gasteiger partial charge is 0.460 e. The molecule has 9 rings (SSSR count). The predicted molar refractivity (Wildman–Crippen MR) is 209 cm³/mol. The summed E-state index contributed by atoms with van der Waals surface area (Å²) >= 11 is 0. The molecule has 0 N–H and O–H groups in total. The van der Waals surface area contributed by atoms with E-state index in [1.165, 1.54) is 61.4 Å². The zero-order valence-corrected chi connectivity index (χ0v) is 28.3. The van der Waals surface area contributed by atoms with E-state index in [2.05, 4.69) is 169 Å². The first-order chi connectivity index (χ1) is 24.8. The number of allylic oxidation sites excluding steroid dienone is 13. The lowest BCUT2D eigenvalue weighted by Crippen LogP contribution is -2.18. The normalized spacial score (nSPS) is 19.8. The summed E-state index contributed by atoms with van der Waals surface area (Å²) in [5, 5.41) is 1.21. The van der Waals surface area contributed by atoms with Crippen LogP contribution in [-0.2, 0) is 6.42 Å². The van der Waals surface area contributed by atoms with Gasteiger partial charge in [-0.1, -0.05) is 121 Å². The minimum absolute atomic E-state index is 0.358. The van der Waals surface area contributed by atoms with Crippen molar-refractivity contribution in [3.8, 4) is 0 Å². The first-order valence-electron chi connectivity index (χ1n) is 18.2. The Labute approximate surface area is 295 Å². The third-order valence-corrected chi connectivity index (χ3v) is 10.7. The molecule has 4 aliphatic rings. The van der Waals surface area contributed by atoms with Gasteiger partial charge in [0.15, 0.2) is 0 Å². The molecule has 1 heterocycles. The van der Waals surface area contributed by atoms with Gasteiger partial charge in [-0.25, -0.2) is 0 Å². The van der Waals surface area contributed by atoms with E-state index in [0.29, 0.717) is 11.8 Å². The molecular weight excluding hydrogens is 607 g/mol. The molecule has 5 aromatic rings. The van der Waals surface area contributed by atoms with Gasteiger partial charge in [-0.2, -0.15) is 0 Å². The van der Waals surface area contributed by atoms with Crippen LogP contribution in [0.25, 0.3) is 22.6 Å². The molecule has 4 aliphatic carbocycles. The summed E-state index contributed by atoms with van der Waals surface area (Å²) in [6, 6.07) is 37.4. The Bertz CT molecular complexity index is 2250. The van der Waals surface area contributed by atoms with E-state index < -0.39 is 0 Å². The molecule has 0 fully saturated rings. The Kier molecular flexibility index (Phi) is 8.14. The van der Waals surface area contributed by atoms with Crippen molar-refractivity contribution in [3.63, 3.8) is 0 Å². The average Bonchev–Trinajstić information content (AvgIpc) is 3.57. The number of hydrogen-bond donors (Lipinski definition) is 0. The first kappa shape index (κ1) is 30.5. The minimum Gasteiger partial charge on any atom is -0.460 e. The van der Waals surface area contributed by atoms with E-state index in [1.54, 1.807) is 0 Å². The van der Waals surface area contributed by atoms with Gasteiger partial charge < -0.3 is 9.32 Å². The van der Waals surface area contributed by atoms with E-state index >= 15 is 0 Å². The topological polar surface area (TPSA) is 16.4 Å². The van der Waals surface area contributed by atoms with Gasteiger partial charge in [0.05, 0.1) is 0 Å². The number of nitrogens with zero attached hydrogens (tertiary/aromatic N) is 1. The highest BCUT2D eigenvalue weighted by Crippen LogP contribution is 2.40. The maximum Gasteiger partial charge on any atom is 0.134 e. The lowest BCUT2D eigenvalue weighted by Gasteiger charge is -2.30. The van der Waals surface area contributed by atoms with Crippen LogP contribution in [0.5, 0.6) is 0 Å². The molecule has 0 radical (unpaired) electrons. The van der Waals surface area contributed by atoms with E-state index in [1.807, 2.05) is 0 Å². The second-order valence-electron chi connectivity index (χ2n) is 13.8. The van der Waals surface area contributed by atoms with Crippen molar-refractivity contribution in [2.75, 3.05) is 4.90 Å². The zero-order valence-electron chi connectivity index (χ0n) is 28.3. The lowest BCUT2D eigenvalue weighted by molar-refractivity contribution is 0.532. The molecule has 2 heteroatoms. The molecule has 1 unspecified atom stereocenters. The third kappa shape index (κ3) is 5.96. The molecule has 244 valence electrons. The number of anilines is 2. The van der Waals surface area contributed by atoms with E-state index in [9.17, 15) is 0 Å². The number of hydrogen-bond acceptors (Lipinski definition) is 2. The predicted octanol–water partition coefficient (Wildman–Crippen LogP) is 12.9. The standard InChI is InChI=1S/C48H41NO/c1-4-10-34(11-5-1)37-20-26-43(27-21-37)49(42-14-8-3-9-15-42)44-28-22-38(23-29-44)36-16-18-39(19-17-36)40-25-31-47-46(32-40)45-30-24-41(33-48(45)50-47)35-12-6-2-7-13-35/h2-4,6-16,18-20,22-26,28-32,36,41H,1,5,17,21,27,33H2/t36-,41?/m0/s1. The van der Waals surface area contributed by atoms with Gasteiger partial charge in [0.1, 0.15) is 11.3 Å². The third-order valence-electron chi connectivity index (χ3n) is 10.7. The summed E-state index contributed by atoms with van der Waals surface area (Å²) in [5.41, 5.74) is 14.0. The summed E-state index contributed by atoms with van der Waals surface area (Å²) < 4.78 is 6.38. The highest BCUT2D eigenvalue weighted by atomic mass is 16.3. The maximum atomic E-state index is 6.38. The quantitative estimate of drug-likeness (QED) is 0.175. The number of furan rings is 1. The van der Waals surface area contributed by atoms with Crippen LogP contribution in [0.3, 0.4) is 0 Å². The van der Waals surface area contributed by atoms with Gasteiger partial charge in [0, 0.05) is 46.3 Å². The SMILES string of the molecule is C1=CC(C2=CC=C(N(c3ccccc3)c3ccc([C@H]4C=CC(c5ccc6oc7c(c6c5)C=CC(c5ccccc5)C7)=CC4)cc3)CC2)=CCC1. The Morgan fingerprint density at radius 3 is 2.14 bits per heavy atom. The van der Waals surface area contributed by atoms with Crippen LogP contribution in [0.2, 0.25) is 0 Å². The molecular formula is C48H41NO. The molecule has 0 bridgehead atoms. The molecule has 0 amide bonds. The molecule has 0 aliphatic heterocycles. The van der Waals surface area contributed by atoms with Gasteiger partial charge in [0.25, 0.3) is 0 Å². The van der Waals surface area contributed by atoms with Crippen molar-refractivity contribution < 1.29 is 4.42 Å². The Morgan fingerprint density at radius 2 is 1.40 bits per heavy atom. The first-order valence-corrected chi connectivity index (χ1v) is 18.2. The molecule has 4 aromatic carbocycles. The van der Waals surface area contributed by atoms with Crippen LogP contribution in [0, 0.1) is 0 Å². The van der Waals surface area contributed by atoms with Gasteiger partial charge in [0.2, 0.25) is 0 Å². The maximum absolute atomic E-state index is 6.38. The van der Waals surface area contributed by atoms with Crippen molar-refractivity contribution in [1.29, 1.82) is 0 Å². The highest BCUT2D eigenvalue weighted by molar-refractivity contribution is 5.93. The summed E-state index contributed by atoms with van der Waals surface area (Å²) in [7, 11) is 0. The molecule has 50 heavy (non-hydrogen) atoms. The van der Waals surface area contributed by atoms with Crippen molar-refractivity contribution in [2.24, 2.45) is 0 Å². The van der Waals surface area contributed by atoms with Gasteiger partial charge in [-0.3, -0.25) is 0 Å². The van der Waals surface area contributed by atoms with Gasteiger partial charge in [-0.15, -0.1) is 0 Å². The number of fused-ring (bicyclic) bond motifs is 3. The second-order valence-corrected chi connectivity index (χ2v) is 13.8. The summed E-state index contributed by atoms with van der Waals surface area (Å²) in [6.07, 6.45) is 29.6. The van der Waals surface area contributed by atoms with Gasteiger partial charge in [-0.05, 0) is 108 Å². The zero-order chi connectivity index (χ0) is 33.3. The van der Waals surface area contributed by atoms with Crippen LogP contribution in [0.15, 0.2) is 179 Å². The summed E-state index contributed by atoms with van der Waals surface area (Å²) in [6.45, 7) is 0. The van der Waals surface area contributed by atoms with Crippen molar-refractivity contribution in [3.05, 3.63) is 203 Å². The van der Waals surface area contributed by atoms with E-state index in [4.69, 9.17) is 4.42 Å². The van der Waals surface area contributed by atoms with E-state index in [0.717, 1.165) is 49.9 Å². The monoisotopic (exact) mass is 647 g/mol. The van der Waals surface area contributed by atoms with Crippen molar-refractivity contribution in [2.45, 2.75) is 50.4 Å². The van der Waals surface area contributed by atoms with Crippen LogP contribution in [-0.4, -0.2) is 0 Å². The van der Waals surface area contributed by atoms with Gasteiger partial charge >= 0.3 is 0 Å². The molecule has 0 saturated carbocycles. The molecule has 2 atom stereocenters. The van der Waals surface area contributed by atoms with E-state index in [-0.39, 0.29) is 0 Å². The summed E-state index contributed by atoms with van der Waals surface area (Å²) in [4.78, 5) is 2.43. The van der Waals surface area contributed by atoms with Crippen LogP contribution in [0.1, 0.15) is 72.0 Å². The smallest absolute Gasteiger partial charge is 0.134 e. The molecule has 1 aromatic heterocycles. The average molecular weight is 648 g/mol. The van der Waals surface area contributed by atoms with Crippen LogP contribution >= 0.6 is 0 Å². The molecule has 2 nitrogen and oxygen atoms in total. The lowest BCUT2D eigenvalue weighted by atomic mass is 9.87. The fourth-order valence-electron chi connectivity index (χ4n) is 8.01. The summed E-state index contributed by atoms with van der Waals surface area (Å²) in [5.74, 6) is 1.81. The van der Waals surface area contributed by atoms with Crippen molar-refractivity contribution >= 4 is 34.0 Å². The Balaban J connectivity index is 0.923. The van der Waals surface area contributed by atoms with Crippen LogP contribution in [0.4, 0.5) is 11.4 Å². The fraction of sp³-hybridized carbons (Fsp3) is 0.167. The molecule has 0 spiro atoms.